The molecule has 0 aliphatic carbocycles. The maximum atomic E-state index is 14.4. The molecule has 62 heavy (non-hydrogen) atoms. The maximum absolute atomic E-state index is 14.4. The smallest absolute Gasteiger partial charge is 0.305 e. The molecular formula is C39H47N11O10S2. The third-order valence-corrected chi connectivity index (χ3v) is 12.3. The van der Waals surface area contributed by atoms with Gasteiger partial charge in [0.2, 0.25) is 47.3 Å². The Hall–Kier alpha value is -6.62. The number of aliphatic carboxylic acids is 1. The molecule has 2 fully saturated rings. The van der Waals surface area contributed by atoms with Crippen LogP contribution in [-0.2, 0) is 49.6 Å². The largest absolute Gasteiger partial charge is 0.481 e. The first kappa shape index (κ1) is 46.4. The summed E-state index contributed by atoms with van der Waals surface area (Å²) in [4.78, 5) is 123. The summed E-state index contributed by atoms with van der Waals surface area (Å²) in [6.45, 7) is -0.685. The molecule has 330 valence electrons. The number of aromatic nitrogens is 1. The van der Waals surface area contributed by atoms with Crippen LogP contribution in [0, 0.1) is 5.41 Å². The van der Waals surface area contributed by atoms with Gasteiger partial charge in [0.25, 0.3) is 0 Å². The molecule has 0 spiro atoms. The number of fused-ring (bicyclic) bond motifs is 2. The van der Waals surface area contributed by atoms with Gasteiger partial charge < -0.3 is 58.4 Å². The van der Waals surface area contributed by atoms with Crippen LogP contribution in [0.1, 0.15) is 43.2 Å². The highest BCUT2D eigenvalue weighted by atomic mass is 33.1. The van der Waals surface area contributed by atoms with E-state index in [1.165, 1.54) is 40.0 Å². The van der Waals surface area contributed by atoms with Gasteiger partial charge in [0.05, 0.1) is 19.4 Å². The number of nitrogens with one attached hydrogen (secondary N) is 8. The van der Waals surface area contributed by atoms with E-state index in [9.17, 15) is 48.3 Å². The van der Waals surface area contributed by atoms with Gasteiger partial charge in [-0.05, 0) is 48.7 Å². The van der Waals surface area contributed by atoms with E-state index in [0.717, 1.165) is 21.7 Å². The van der Waals surface area contributed by atoms with Crippen LogP contribution >= 0.6 is 21.6 Å². The number of hydrogen-bond donors (Lipinski definition) is 11. The monoisotopic (exact) mass is 893 g/mol. The lowest BCUT2D eigenvalue weighted by Crippen LogP contribution is -2.59. The predicted octanol–water partition coefficient (Wildman–Crippen LogP) is -1.19. The molecule has 0 radical (unpaired) electrons. The number of carbonyl (C=O) groups excluding carboxylic acids is 8. The van der Waals surface area contributed by atoms with Gasteiger partial charge in [0.15, 0.2) is 0 Å². The molecular weight excluding hydrogens is 847 g/mol. The van der Waals surface area contributed by atoms with E-state index in [2.05, 4.69) is 36.9 Å². The second-order valence-electron chi connectivity index (χ2n) is 14.4. The van der Waals surface area contributed by atoms with Gasteiger partial charge in [-0.25, -0.2) is 0 Å². The maximum Gasteiger partial charge on any atom is 0.305 e. The van der Waals surface area contributed by atoms with Gasteiger partial charge in [0.1, 0.15) is 36.0 Å². The van der Waals surface area contributed by atoms with Crippen LogP contribution in [0.2, 0.25) is 0 Å². The van der Waals surface area contributed by atoms with Crippen LogP contribution in [0.25, 0.3) is 10.9 Å². The fraction of sp³-hybridized carbons (Fsp3) is 0.385. The van der Waals surface area contributed by atoms with Crippen molar-refractivity contribution in [3.05, 3.63) is 65.9 Å². The van der Waals surface area contributed by atoms with E-state index in [1.54, 1.807) is 24.4 Å². The average molecular weight is 894 g/mol. The number of anilines is 1. The Bertz CT molecular complexity index is 2220. The summed E-state index contributed by atoms with van der Waals surface area (Å²) in [5.74, 6) is -8.05. The molecule has 2 saturated heterocycles. The van der Waals surface area contributed by atoms with Crippen LogP contribution in [0.5, 0.6) is 0 Å². The summed E-state index contributed by atoms with van der Waals surface area (Å²) in [5.41, 5.74) is 13.2. The number of nitrogens with zero attached hydrogens (tertiary/aromatic N) is 1. The lowest BCUT2D eigenvalue weighted by atomic mass is 10.0. The van der Waals surface area contributed by atoms with E-state index in [-0.39, 0.29) is 43.1 Å². The third-order valence-electron chi connectivity index (χ3n) is 9.92. The van der Waals surface area contributed by atoms with Gasteiger partial charge in [0, 0.05) is 59.2 Å². The van der Waals surface area contributed by atoms with Crippen molar-refractivity contribution in [1.82, 2.24) is 36.5 Å². The van der Waals surface area contributed by atoms with Gasteiger partial charge in [-0.15, -0.1) is 0 Å². The predicted molar refractivity (Wildman–Crippen MR) is 229 cm³/mol. The van der Waals surface area contributed by atoms with Crippen LogP contribution in [0.15, 0.2) is 54.7 Å². The highest BCUT2D eigenvalue weighted by Crippen LogP contribution is 2.25. The summed E-state index contributed by atoms with van der Waals surface area (Å²) in [6.07, 6.45) is 0.514. The molecule has 5 rings (SSSR count). The number of nitrogens with two attached hydrogens (primary N) is 2. The SMILES string of the molecule is N=C(N)c1ccc(NC(=O)CC2NC(=O)CCSSCC(C(N)=O)NC(=O)[C@@H]3CCCN3C(=O)[C@H](Cc3c[nH]c4ccccc34)NC(=O)[C@H](CC(=O)O)NC(=O)CNC2=O)cc1. The molecule has 3 aromatic rings. The minimum absolute atomic E-state index is 0.00212. The van der Waals surface area contributed by atoms with E-state index in [0.29, 0.717) is 23.2 Å². The Morgan fingerprint density at radius 3 is 2.26 bits per heavy atom. The normalized spacial score (nSPS) is 22.6. The van der Waals surface area contributed by atoms with Gasteiger partial charge in [-0.1, -0.05) is 39.8 Å². The molecule has 13 N–H and O–H groups in total. The van der Waals surface area contributed by atoms with Crippen LogP contribution in [-0.4, -0.2) is 129 Å². The molecule has 0 saturated carbocycles. The average Bonchev–Trinajstić information content (AvgIpc) is 3.89. The first-order valence-corrected chi connectivity index (χ1v) is 21.9. The van der Waals surface area contributed by atoms with Crippen molar-refractivity contribution in [2.75, 3.05) is 29.9 Å². The number of nitrogen functional groups attached to an aromatic ring is 1. The van der Waals surface area contributed by atoms with Gasteiger partial charge >= 0.3 is 5.97 Å². The number of hydrogen-bond acceptors (Lipinski definition) is 12. The fourth-order valence-electron chi connectivity index (χ4n) is 6.79. The number of primary amides is 1. The number of carboxylic acid groups (broad SMARTS) is 1. The summed E-state index contributed by atoms with van der Waals surface area (Å²) in [7, 11) is 2.31. The number of carboxylic acids is 1. The molecule has 0 bridgehead atoms. The number of aromatic amines is 1. The van der Waals surface area contributed by atoms with Crippen molar-refractivity contribution >= 4 is 97.2 Å². The van der Waals surface area contributed by atoms with E-state index >= 15 is 0 Å². The van der Waals surface area contributed by atoms with Gasteiger partial charge in [-0.3, -0.25) is 48.6 Å². The molecule has 5 atom stereocenters. The second-order valence-corrected chi connectivity index (χ2v) is 17.1. The summed E-state index contributed by atoms with van der Waals surface area (Å²) < 4.78 is 0. The van der Waals surface area contributed by atoms with E-state index in [1.807, 2.05) is 6.07 Å². The number of para-hydroxylation sites is 1. The standard InChI is InChI=1S/C39H47N11O10S2/c40-34(41)20-7-9-22(10-8-20)45-31(52)15-25-36(57)44-18-32(53)47-26(16-33(54)55)37(58)48-27(14-21-17-43-24-5-2-1-4-23(21)24)39(60)50-12-3-6-29(50)38(59)49-28(35(42)56)19-62-61-13-11-30(51)46-25/h1-2,4-5,7-10,17,25-29,43H,3,6,11-16,18-19H2,(H3,40,41)(H2,42,56)(H,44,57)(H,45,52)(H,46,51)(H,47,53)(H,48,58)(H,49,59)(H,54,55)/t25?,26-,27-,28?,29-/m0/s1. The first-order valence-electron chi connectivity index (χ1n) is 19.4. The number of carbonyl (C=O) groups is 9. The van der Waals surface area contributed by atoms with Crippen molar-refractivity contribution in [2.45, 2.75) is 68.7 Å². The molecule has 21 nitrogen and oxygen atoms in total. The molecule has 23 heteroatoms. The number of amides is 8. The number of benzene rings is 2. The van der Waals surface area contributed by atoms with E-state index in [4.69, 9.17) is 16.9 Å². The number of rotatable bonds is 9. The molecule has 2 aliphatic rings. The highest BCUT2D eigenvalue weighted by Gasteiger charge is 2.40. The van der Waals surface area contributed by atoms with Gasteiger partial charge in [-0.2, -0.15) is 0 Å². The summed E-state index contributed by atoms with van der Waals surface area (Å²) in [6, 6.07) is 6.30. The zero-order valence-corrected chi connectivity index (χ0v) is 34.8. The quantitative estimate of drug-likeness (QED) is 0.0685. The minimum atomic E-state index is -1.75. The first-order chi connectivity index (χ1) is 29.6. The Kier molecular flexibility index (Phi) is 16.3. The van der Waals surface area contributed by atoms with Crippen molar-refractivity contribution < 1.29 is 48.3 Å². The number of amidine groups is 1. The van der Waals surface area contributed by atoms with Crippen LogP contribution < -0.4 is 43.4 Å². The van der Waals surface area contributed by atoms with Crippen molar-refractivity contribution in [3.8, 4) is 0 Å². The van der Waals surface area contributed by atoms with Crippen molar-refractivity contribution in [3.63, 3.8) is 0 Å². The molecule has 2 unspecified atom stereocenters. The zero-order chi connectivity index (χ0) is 44.9. The Morgan fingerprint density at radius 1 is 0.839 bits per heavy atom. The molecule has 3 heterocycles. The zero-order valence-electron chi connectivity index (χ0n) is 33.2. The highest BCUT2D eigenvalue weighted by molar-refractivity contribution is 8.76. The second kappa shape index (κ2) is 21.8. The van der Waals surface area contributed by atoms with Crippen molar-refractivity contribution in [2.24, 2.45) is 11.5 Å². The lowest BCUT2D eigenvalue weighted by Gasteiger charge is -2.30. The topological polar surface area (TPSA) is 341 Å². The molecule has 1 aromatic heterocycles. The lowest BCUT2D eigenvalue weighted by molar-refractivity contribution is -0.143. The Morgan fingerprint density at radius 2 is 1.55 bits per heavy atom. The molecule has 2 aliphatic heterocycles. The molecule has 2 aromatic carbocycles. The Balaban J connectivity index is 1.40. The van der Waals surface area contributed by atoms with Crippen LogP contribution in [0.4, 0.5) is 5.69 Å². The third kappa shape index (κ3) is 12.9. The summed E-state index contributed by atoms with van der Waals surface area (Å²) in [5, 5.41) is 32.9. The molecule has 8 amide bonds. The minimum Gasteiger partial charge on any atom is -0.481 e. The van der Waals surface area contributed by atoms with Crippen LogP contribution in [0.3, 0.4) is 0 Å². The summed E-state index contributed by atoms with van der Waals surface area (Å²) >= 11 is 0. The number of H-pyrrole nitrogens is 1. The Labute approximate surface area is 362 Å². The van der Waals surface area contributed by atoms with Crippen molar-refractivity contribution in [1.29, 1.82) is 5.41 Å². The fourth-order valence-corrected chi connectivity index (χ4v) is 8.96. The van der Waals surface area contributed by atoms with E-state index < -0.39 is 103 Å².